The lowest BCUT2D eigenvalue weighted by molar-refractivity contribution is -0.138. The van der Waals surface area contributed by atoms with Crippen LogP contribution in [0, 0.1) is 0 Å². The number of carbonyl (C=O) groups is 1. The molecule has 1 N–H and O–H groups in total. The van der Waals surface area contributed by atoms with Gasteiger partial charge in [0.15, 0.2) is 0 Å². The Bertz CT molecular complexity index is 167. The molecule has 14 heavy (non-hydrogen) atoms. The fourth-order valence-corrected chi connectivity index (χ4v) is 0.886. The summed E-state index contributed by atoms with van der Waals surface area (Å²) in [7, 11) is 0. The summed E-state index contributed by atoms with van der Waals surface area (Å²) < 4.78 is 28.7. The van der Waals surface area contributed by atoms with Gasteiger partial charge in [-0.05, 0) is 6.92 Å². The standard InChI is InChI=1S/C8H15F2NO3/c1-2-14-6-8(13)11(3-4-12)5-7(9)10/h7,12H,2-6H2,1H3. The van der Waals surface area contributed by atoms with Gasteiger partial charge in [-0.1, -0.05) is 0 Å². The average Bonchev–Trinajstić information content (AvgIpc) is 2.13. The highest BCUT2D eigenvalue weighted by molar-refractivity contribution is 5.77. The Balaban J connectivity index is 3.97. The van der Waals surface area contributed by atoms with Crippen LogP contribution in [-0.4, -0.2) is 55.2 Å². The molecule has 0 saturated heterocycles. The van der Waals surface area contributed by atoms with Gasteiger partial charge in [-0.25, -0.2) is 8.78 Å². The van der Waals surface area contributed by atoms with E-state index >= 15 is 0 Å². The summed E-state index contributed by atoms with van der Waals surface area (Å²) >= 11 is 0. The van der Waals surface area contributed by atoms with Crippen molar-refractivity contribution in [3.63, 3.8) is 0 Å². The van der Waals surface area contributed by atoms with Crippen molar-refractivity contribution in [1.29, 1.82) is 0 Å². The van der Waals surface area contributed by atoms with Crippen LogP contribution in [0.15, 0.2) is 0 Å². The van der Waals surface area contributed by atoms with Gasteiger partial charge >= 0.3 is 0 Å². The van der Waals surface area contributed by atoms with Crippen molar-refractivity contribution in [2.45, 2.75) is 13.3 Å². The Morgan fingerprint density at radius 3 is 2.64 bits per heavy atom. The first kappa shape index (κ1) is 13.2. The summed E-state index contributed by atoms with van der Waals surface area (Å²) in [4.78, 5) is 12.1. The highest BCUT2D eigenvalue weighted by Gasteiger charge is 2.17. The number of alkyl halides is 2. The molecule has 0 rings (SSSR count). The minimum atomic E-state index is -2.59. The van der Waals surface area contributed by atoms with Gasteiger partial charge in [0.05, 0.1) is 13.2 Å². The molecule has 0 aromatic heterocycles. The van der Waals surface area contributed by atoms with Gasteiger partial charge in [0.1, 0.15) is 6.61 Å². The van der Waals surface area contributed by atoms with Crippen molar-refractivity contribution in [2.75, 3.05) is 32.9 Å². The number of amides is 1. The Kier molecular flexibility index (Phi) is 7.23. The molecule has 0 spiro atoms. The SMILES string of the molecule is CCOCC(=O)N(CCO)CC(F)F. The molecule has 0 aliphatic heterocycles. The van der Waals surface area contributed by atoms with E-state index in [9.17, 15) is 13.6 Å². The third-order valence-corrected chi connectivity index (χ3v) is 1.51. The lowest BCUT2D eigenvalue weighted by Gasteiger charge is -2.20. The summed E-state index contributed by atoms with van der Waals surface area (Å²) in [5.41, 5.74) is 0. The zero-order chi connectivity index (χ0) is 11.0. The second-order valence-corrected chi connectivity index (χ2v) is 2.59. The Morgan fingerprint density at radius 2 is 2.21 bits per heavy atom. The van der Waals surface area contributed by atoms with Crippen LogP contribution >= 0.6 is 0 Å². The van der Waals surface area contributed by atoms with E-state index in [0.717, 1.165) is 4.90 Å². The summed E-state index contributed by atoms with van der Waals surface area (Å²) in [6, 6.07) is 0. The highest BCUT2D eigenvalue weighted by atomic mass is 19.3. The van der Waals surface area contributed by atoms with Gasteiger partial charge in [-0.2, -0.15) is 0 Å². The normalized spacial score (nSPS) is 10.6. The molecule has 0 radical (unpaired) electrons. The third-order valence-electron chi connectivity index (χ3n) is 1.51. The van der Waals surface area contributed by atoms with E-state index in [1.165, 1.54) is 0 Å². The summed E-state index contributed by atoms with van der Waals surface area (Å²) in [5.74, 6) is -0.527. The van der Waals surface area contributed by atoms with E-state index in [0.29, 0.717) is 6.61 Å². The van der Waals surface area contributed by atoms with Crippen LogP contribution in [0.1, 0.15) is 6.92 Å². The number of carbonyl (C=O) groups excluding carboxylic acids is 1. The summed E-state index contributed by atoms with van der Waals surface area (Å²) in [6.07, 6.45) is -2.59. The lowest BCUT2D eigenvalue weighted by Crippen LogP contribution is -2.39. The molecular formula is C8H15F2NO3. The van der Waals surface area contributed by atoms with Crippen LogP contribution in [-0.2, 0) is 9.53 Å². The minimum Gasteiger partial charge on any atom is -0.395 e. The fraction of sp³-hybridized carbons (Fsp3) is 0.875. The molecule has 0 fully saturated rings. The molecule has 0 saturated carbocycles. The molecule has 0 unspecified atom stereocenters. The van der Waals surface area contributed by atoms with Crippen LogP contribution < -0.4 is 0 Å². The maximum absolute atomic E-state index is 12.0. The molecule has 0 aromatic carbocycles. The molecular weight excluding hydrogens is 196 g/mol. The number of hydrogen-bond acceptors (Lipinski definition) is 3. The smallest absolute Gasteiger partial charge is 0.255 e. The Morgan fingerprint density at radius 1 is 1.57 bits per heavy atom. The third kappa shape index (κ3) is 5.82. The number of aliphatic hydroxyl groups excluding tert-OH is 1. The topological polar surface area (TPSA) is 49.8 Å². The fourth-order valence-electron chi connectivity index (χ4n) is 0.886. The maximum atomic E-state index is 12.0. The lowest BCUT2D eigenvalue weighted by atomic mass is 10.4. The van der Waals surface area contributed by atoms with E-state index in [1.807, 2.05) is 0 Å². The van der Waals surface area contributed by atoms with Crippen LogP contribution in [0.5, 0.6) is 0 Å². The number of halogens is 2. The largest absolute Gasteiger partial charge is 0.395 e. The zero-order valence-electron chi connectivity index (χ0n) is 8.08. The average molecular weight is 211 g/mol. The number of rotatable bonds is 7. The number of nitrogens with zero attached hydrogens (tertiary/aromatic N) is 1. The van der Waals surface area contributed by atoms with Crippen LogP contribution in [0.2, 0.25) is 0 Å². The molecule has 0 aromatic rings. The van der Waals surface area contributed by atoms with Crippen molar-refractivity contribution < 1.29 is 23.4 Å². The number of ether oxygens (including phenoxy) is 1. The molecule has 6 heteroatoms. The predicted octanol–water partition coefficient (Wildman–Crippen LogP) is 0.109. The van der Waals surface area contributed by atoms with Crippen LogP contribution in [0.3, 0.4) is 0 Å². The van der Waals surface area contributed by atoms with E-state index in [-0.39, 0.29) is 19.8 Å². The molecule has 0 bridgehead atoms. The molecule has 0 atom stereocenters. The Labute approximate surface area is 81.5 Å². The van der Waals surface area contributed by atoms with Gasteiger partial charge in [0.25, 0.3) is 6.43 Å². The van der Waals surface area contributed by atoms with Gasteiger partial charge in [0.2, 0.25) is 5.91 Å². The van der Waals surface area contributed by atoms with Crippen molar-refractivity contribution in [3.05, 3.63) is 0 Å². The monoisotopic (exact) mass is 211 g/mol. The first-order valence-electron chi connectivity index (χ1n) is 4.36. The molecule has 0 aliphatic carbocycles. The second-order valence-electron chi connectivity index (χ2n) is 2.59. The van der Waals surface area contributed by atoms with Gasteiger partial charge in [-0.15, -0.1) is 0 Å². The predicted molar refractivity (Wildman–Crippen MR) is 46.2 cm³/mol. The maximum Gasteiger partial charge on any atom is 0.255 e. The first-order valence-corrected chi connectivity index (χ1v) is 4.36. The van der Waals surface area contributed by atoms with Crippen molar-refractivity contribution in [1.82, 2.24) is 4.90 Å². The highest BCUT2D eigenvalue weighted by Crippen LogP contribution is 1.99. The first-order chi connectivity index (χ1) is 6.61. The Hall–Kier alpha value is -0.750. The molecule has 84 valence electrons. The van der Waals surface area contributed by atoms with Crippen LogP contribution in [0.4, 0.5) is 8.78 Å². The van der Waals surface area contributed by atoms with Gasteiger partial charge in [-0.3, -0.25) is 4.79 Å². The van der Waals surface area contributed by atoms with Gasteiger partial charge in [0, 0.05) is 13.2 Å². The van der Waals surface area contributed by atoms with E-state index in [1.54, 1.807) is 6.92 Å². The second kappa shape index (κ2) is 7.64. The summed E-state index contributed by atoms with van der Waals surface area (Å²) in [5, 5.41) is 8.54. The van der Waals surface area contributed by atoms with Gasteiger partial charge < -0.3 is 14.7 Å². The minimum absolute atomic E-state index is 0.0871. The molecule has 0 aliphatic rings. The van der Waals surface area contributed by atoms with E-state index in [4.69, 9.17) is 9.84 Å². The molecule has 4 nitrogen and oxygen atoms in total. The van der Waals surface area contributed by atoms with E-state index in [2.05, 4.69) is 0 Å². The summed E-state index contributed by atoms with van der Waals surface area (Å²) in [6.45, 7) is 0.765. The van der Waals surface area contributed by atoms with Crippen LogP contribution in [0.25, 0.3) is 0 Å². The van der Waals surface area contributed by atoms with Crippen molar-refractivity contribution >= 4 is 5.91 Å². The number of hydrogen-bond donors (Lipinski definition) is 1. The quantitative estimate of drug-likeness (QED) is 0.650. The molecule has 1 amide bonds. The van der Waals surface area contributed by atoms with Crippen molar-refractivity contribution in [3.8, 4) is 0 Å². The zero-order valence-corrected chi connectivity index (χ0v) is 8.08. The van der Waals surface area contributed by atoms with E-state index < -0.39 is 18.9 Å². The number of aliphatic hydroxyl groups is 1. The van der Waals surface area contributed by atoms with Crippen molar-refractivity contribution in [2.24, 2.45) is 0 Å². The molecule has 0 heterocycles.